The number of ether oxygens (including phenoxy) is 1. The standard InChI is InChI=1S/C32H56N2O6S3/c1-6-7-8-9-10-11-12-13-14-15-21-42-31(41)43-26(28(36)33-24(2)3)22-25(23-32(4,5)30(38)39)29(37)40-20-19-34-18-16-17-27(34)35/h24-26H,6-23H2,1-5H3,(H,33,36)(H,38,39). The van der Waals surface area contributed by atoms with Gasteiger partial charge < -0.3 is 20.1 Å². The van der Waals surface area contributed by atoms with Crippen LogP contribution in [-0.2, 0) is 23.9 Å². The van der Waals surface area contributed by atoms with Gasteiger partial charge in [0, 0.05) is 19.0 Å². The van der Waals surface area contributed by atoms with Crippen molar-refractivity contribution in [1.82, 2.24) is 10.2 Å². The van der Waals surface area contributed by atoms with Crippen molar-refractivity contribution in [3.8, 4) is 0 Å². The molecule has 1 aliphatic heterocycles. The van der Waals surface area contributed by atoms with E-state index in [2.05, 4.69) is 12.2 Å². The van der Waals surface area contributed by atoms with Crippen molar-refractivity contribution in [2.24, 2.45) is 11.3 Å². The minimum absolute atomic E-state index is 0.0222. The summed E-state index contributed by atoms with van der Waals surface area (Å²) in [6.07, 6.45) is 14.1. The number of thiocarbonyl (C=S) groups is 1. The lowest BCUT2D eigenvalue weighted by Gasteiger charge is -2.28. The molecule has 1 heterocycles. The number of rotatable bonds is 23. The second kappa shape index (κ2) is 22.2. The summed E-state index contributed by atoms with van der Waals surface area (Å²) in [6, 6.07) is -0.0951. The van der Waals surface area contributed by atoms with E-state index >= 15 is 0 Å². The van der Waals surface area contributed by atoms with E-state index in [1.54, 1.807) is 30.5 Å². The maximum absolute atomic E-state index is 13.3. The summed E-state index contributed by atoms with van der Waals surface area (Å²) in [7, 11) is 0. The molecule has 2 amide bonds. The summed E-state index contributed by atoms with van der Waals surface area (Å²) in [6.45, 7) is 10.1. The largest absolute Gasteiger partial charge is 0.481 e. The number of aliphatic carboxylic acids is 1. The smallest absolute Gasteiger partial charge is 0.309 e. The Morgan fingerprint density at radius 2 is 1.65 bits per heavy atom. The third-order valence-electron chi connectivity index (χ3n) is 7.62. The van der Waals surface area contributed by atoms with Gasteiger partial charge in [-0.3, -0.25) is 19.2 Å². The maximum Gasteiger partial charge on any atom is 0.309 e. The first-order valence-corrected chi connectivity index (χ1v) is 18.5. The number of hydrogen-bond donors (Lipinski definition) is 2. The molecule has 0 spiro atoms. The van der Waals surface area contributed by atoms with Crippen molar-refractivity contribution in [2.45, 2.75) is 136 Å². The van der Waals surface area contributed by atoms with Crippen molar-refractivity contribution in [1.29, 1.82) is 0 Å². The molecule has 0 bridgehead atoms. The van der Waals surface area contributed by atoms with Gasteiger partial charge in [0.15, 0.2) is 0 Å². The van der Waals surface area contributed by atoms with Crippen LogP contribution in [0.25, 0.3) is 0 Å². The summed E-state index contributed by atoms with van der Waals surface area (Å²) in [5.41, 5.74) is -1.19. The summed E-state index contributed by atoms with van der Waals surface area (Å²) in [5.74, 6) is -1.68. The Labute approximate surface area is 274 Å². The first kappa shape index (κ1) is 39.7. The van der Waals surface area contributed by atoms with Gasteiger partial charge in [-0.05, 0) is 59.1 Å². The number of thioether (sulfide) groups is 2. The van der Waals surface area contributed by atoms with Gasteiger partial charge in [0.1, 0.15) is 10.1 Å². The van der Waals surface area contributed by atoms with E-state index in [1.807, 2.05) is 13.8 Å². The molecule has 1 aliphatic rings. The summed E-state index contributed by atoms with van der Waals surface area (Å²) < 4.78 is 6.20. The second-order valence-corrected chi connectivity index (χ2v) is 16.0. The summed E-state index contributed by atoms with van der Waals surface area (Å²) >= 11 is 8.49. The Bertz CT molecular complexity index is 883. The molecule has 0 aliphatic carbocycles. The first-order chi connectivity index (χ1) is 20.4. The van der Waals surface area contributed by atoms with Crippen molar-refractivity contribution in [2.75, 3.05) is 25.4 Å². The van der Waals surface area contributed by atoms with Crippen LogP contribution in [0.3, 0.4) is 0 Å². The number of carboxylic acids is 1. The van der Waals surface area contributed by atoms with Gasteiger partial charge in [0.25, 0.3) is 0 Å². The lowest BCUT2D eigenvalue weighted by Crippen LogP contribution is -2.40. The van der Waals surface area contributed by atoms with E-state index in [0.717, 1.165) is 25.0 Å². The molecule has 0 saturated carbocycles. The van der Waals surface area contributed by atoms with Crippen molar-refractivity contribution in [3.63, 3.8) is 0 Å². The first-order valence-electron chi connectivity index (χ1n) is 16.2. The highest BCUT2D eigenvalue weighted by Crippen LogP contribution is 2.34. The molecular weight excluding hydrogens is 605 g/mol. The third-order valence-corrected chi connectivity index (χ3v) is 10.5. The average molecular weight is 661 g/mol. The highest BCUT2D eigenvalue weighted by atomic mass is 32.2. The van der Waals surface area contributed by atoms with Crippen LogP contribution in [0.5, 0.6) is 0 Å². The molecule has 0 aromatic heterocycles. The number of carboxylic acid groups (broad SMARTS) is 1. The molecule has 1 fully saturated rings. The van der Waals surface area contributed by atoms with Crippen LogP contribution < -0.4 is 5.32 Å². The van der Waals surface area contributed by atoms with Crippen molar-refractivity contribution in [3.05, 3.63) is 0 Å². The van der Waals surface area contributed by atoms with Crippen LogP contribution in [0, 0.1) is 11.3 Å². The second-order valence-electron chi connectivity index (χ2n) is 12.5. The molecular formula is C32H56N2O6S3. The quantitative estimate of drug-likeness (QED) is 0.0666. The van der Waals surface area contributed by atoms with Gasteiger partial charge in [-0.2, -0.15) is 0 Å². The zero-order chi connectivity index (χ0) is 32.3. The number of likely N-dealkylation sites (tertiary alicyclic amines) is 1. The highest BCUT2D eigenvalue weighted by Gasteiger charge is 2.38. The van der Waals surface area contributed by atoms with Crippen LogP contribution in [0.1, 0.15) is 125 Å². The maximum atomic E-state index is 13.3. The van der Waals surface area contributed by atoms with Crippen LogP contribution in [0.4, 0.5) is 0 Å². The molecule has 11 heteroatoms. The SMILES string of the molecule is CCCCCCCCCCCCSC(=S)SC(CC(CC(C)(C)C(=O)O)C(=O)OCCN1CCCC1=O)C(=O)NC(C)C. The Hall–Kier alpha value is -1.33. The summed E-state index contributed by atoms with van der Waals surface area (Å²) in [5, 5.41) is 12.0. The van der Waals surface area contributed by atoms with E-state index in [1.165, 1.54) is 63.1 Å². The fraction of sp³-hybridized carbons (Fsp3) is 0.844. The van der Waals surface area contributed by atoms with Crippen LogP contribution in [0.2, 0.25) is 0 Å². The minimum atomic E-state index is -1.19. The number of nitrogens with zero attached hydrogens (tertiary/aromatic N) is 1. The molecule has 0 aromatic carbocycles. The van der Waals surface area contributed by atoms with Crippen LogP contribution in [-0.4, -0.2) is 74.0 Å². The van der Waals surface area contributed by atoms with E-state index in [4.69, 9.17) is 17.0 Å². The number of unbranched alkanes of at least 4 members (excludes halogenated alkanes) is 9. The molecule has 2 unspecified atom stereocenters. The summed E-state index contributed by atoms with van der Waals surface area (Å²) in [4.78, 5) is 52.0. The minimum Gasteiger partial charge on any atom is -0.481 e. The monoisotopic (exact) mass is 660 g/mol. The molecule has 0 aromatic rings. The molecule has 1 rings (SSSR count). The van der Waals surface area contributed by atoms with E-state index in [9.17, 15) is 24.3 Å². The topological polar surface area (TPSA) is 113 Å². The number of carbonyl (C=O) groups is 4. The Kier molecular flexibility index (Phi) is 20.5. The third kappa shape index (κ3) is 17.7. The molecule has 43 heavy (non-hydrogen) atoms. The van der Waals surface area contributed by atoms with Crippen molar-refractivity contribution < 1.29 is 29.0 Å². The predicted octanol–water partition coefficient (Wildman–Crippen LogP) is 7.22. The number of nitrogens with one attached hydrogen (secondary N) is 1. The molecule has 2 atom stereocenters. The number of hydrogen-bond acceptors (Lipinski definition) is 8. The fourth-order valence-corrected chi connectivity index (χ4v) is 7.74. The molecule has 1 saturated heterocycles. The van der Waals surface area contributed by atoms with Gasteiger partial charge in [-0.15, -0.1) is 11.8 Å². The highest BCUT2D eigenvalue weighted by molar-refractivity contribution is 8.47. The van der Waals surface area contributed by atoms with Crippen LogP contribution in [0.15, 0.2) is 0 Å². The normalized spacial score (nSPS) is 15.0. The van der Waals surface area contributed by atoms with Gasteiger partial charge in [0.2, 0.25) is 11.8 Å². The molecule has 0 radical (unpaired) electrons. The zero-order valence-electron chi connectivity index (χ0n) is 27.1. The van der Waals surface area contributed by atoms with Gasteiger partial charge in [-0.1, -0.05) is 88.7 Å². The predicted molar refractivity (Wildman–Crippen MR) is 182 cm³/mol. The van der Waals surface area contributed by atoms with E-state index in [0.29, 0.717) is 23.0 Å². The number of esters is 1. The van der Waals surface area contributed by atoms with E-state index in [-0.39, 0.29) is 37.3 Å². The fourth-order valence-electron chi connectivity index (χ4n) is 5.02. The van der Waals surface area contributed by atoms with Crippen molar-refractivity contribution >= 4 is 63.0 Å². The van der Waals surface area contributed by atoms with Gasteiger partial charge in [-0.25, -0.2) is 0 Å². The van der Waals surface area contributed by atoms with Gasteiger partial charge in [0.05, 0.1) is 23.1 Å². The number of amides is 2. The Balaban J connectivity index is 2.71. The lowest BCUT2D eigenvalue weighted by molar-refractivity contribution is -0.154. The molecule has 8 nitrogen and oxygen atoms in total. The Morgan fingerprint density at radius 1 is 1.05 bits per heavy atom. The van der Waals surface area contributed by atoms with Gasteiger partial charge >= 0.3 is 11.9 Å². The Morgan fingerprint density at radius 3 is 2.19 bits per heavy atom. The van der Waals surface area contributed by atoms with E-state index < -0.39 is 28.5 Å². The average Bonchev–Trinajstić information content (AvgIpc) is 3.34. The molecule has 2 N–H and O–H groups in total. The van der Waals surface area contributed by atoms with Crippen LogP contribution >= 0.6 is 35.7 Å². The zero-order valence-corrected chi connectivity index (χ0v) is 29.6. The number of carbonyl (C=O) groups excluding carboxylic acids is 3. The molecule has 248 valence electrons. The lowest BCUT2D eigenvalue weighted by atomic mass is 9.81.